The fourth-order valence-electron chi connectivity index (χ4n) is 3.14. The number of ketones is 1. The van der Waals surface area contributed by atoms with Crippen LogP contribution in [0.2, 0.25) is 0 Å². The van der Waals surface area contributed by atoms with E-state index in [1.807, 2.05) is 6.08 Å². The Hall–Kier alpha value is -2.63. The zero-order valence-electron chi connectivity index (χ0n) is 10.8. The van der Waals surface area contributed by atoms with E-state index in [1.165, 1.54) is 0 Å². The number of nitrogens with zero attached hydrogens (tertiary/aromatic N) is 4. The van der Waals surface area contributed by atoms with Crippen LogP contribution in [0.5, 0.6) is 0 Å². The molecule has 2 rings (SSSR count). The van der Waals surface area contributed by atoms with Crippen molar-refractivity contribution in [3.05, 3.63) is 12.2 Å². The van der Waals surface area contributed by atoms with E-state index in [0.717, 1.165) is 12.8 Å². The van der Waals surface area contributed by atoms with Gasteiger partial charge in [0.25, 0.3) is 0 Å². The molecule has 5 heteroatoms. The first-order valence-electron chi connectivity index (χ1n) is 6.43. The second-order valence-corrected chi connectivity index (χ2v) is 5.42. The van der Waals surface area contributed by atoms with Gasteiger partial charge in [0.05, 0.1) is 24.3 Å². The zero-order valence-corrected chi connectivity index (χ0v) is 10.8. The van der Waals surface area contributed by atoms with Gasteiger partial charge in [-0.05, 0) is 24.7 Å². The van der Waals surface area contributed by atoms with Crippen LogP contribution in [0.4, 0.5) is 0 Å². The molecule has 0 radical (unpaired) electrons. The highest BCUT2D eigenvalue weighted by Gasteiger charge is 2.47. The lowest BCUT2D eigenvalue weighted by molar-refractivity contribution is -0.124. The Labute approximate surface area is 117 Å². The standard InChI is InChI=1S/C15H12N4O/c16-6-12(7-17)15(8-18,9-19)5-14(20)13-4-10-1-2-11(13)3-10/h1-2,10-13H,3-5H2/t10-,11+,13-/m0/s1. The van der Waals surface area contributed by atoms with Crippen molar-refractivity contribution < 1.29 is 4.79 Å². The van der Waals surface area contributed by atoms with Gasteiger partial charge in [-0.3, -0.25) is 4.79 Å². The molecule has 1 saturated carbocycles. The van der Waals surface area contributed by atoms with Gasteiger partial charge in [0.2, 0.25) is 0 Å². The minimum atomic E-state index is -1.86. The Morgan fingerprint density at radius 1 is 1.15 bits per heavy atom. The number of rotatable bonds is 4. The average molecular weight is 264 g/mol. The molecular weight excluding hydrogens is 252 g/mol. The summed E-state index contributed by atoms with van der Waals surface area (Å²) in [5.74, 6) is -1.17. The van der Waals surface area contributed by atoms with Gasteiger partial charge in [-0.25, -0.2) is 0 Å². The summed E-state index contributed by atoms with van der Waals surface area (Å²) in [4.78, 5) is 12.3. The predicted molar refractivity (Wildman–Crippen MR) is 66.8 cm³/mol. The molecule has 5 nitrogen and oxygen atoms in total. The van der Waals surface area contributed by atoms with E-state index in [-0.39, 0.29) is 24.0 Å². The molecule has 0 unspecified atom stereocenters. The van der Waals surface area contributed by atoms with Crippen LogP contribution >= 0.6 is 0 Å². The van der Waals surface area contributed by atoms with Crippen LogP contribution in [-0.4, -0.2) is 5.78 Å². The second-order valence-electron chi connectivity index (χ2n) is 5.42. The Balaban J connectivity index is 2.19. The Bertz CT molecular complexity index is 594. The van der Waals surface area contributed by atoms with E-state index < -0.39 is 11.3 Å². The predicted octanol–water partition coefficient (Wildman–Crippen LogP) is 1.85. The third kappa shape index (κ3) is 2.05. The van der Waals surface area contributed by atoms with Gasteiger partial charge >= 0.3 is 0 Å². The molecule has 2 aliphatic rings. The normalized spacial score (nSPS) is 26.6. The zero-order chi connectivity index (χ0) is 14.8. The van der Waals surface area contributed by atoms with Gasteiger partial charge in [0.15, 0.2) is 11.3 Å². The SMILES string of the molecule is N#CC(C#N)C(C#N)(C#N)CC(=O)[C@H]1C[C@H]2C=C[C@@H]1C2. The largest absolute Gasteiger partial charge is 0.299 e. The summed E-state index contributed by atoms with van der Waals surface area (Å²) in [6.07, 6.45) is 5.47. The first kappa shape index (κ1) is 13.8. The van der Waals surface area contributed by atoms with Crippen LogP contribution < -0.4 is 0 Å². The lowest BCUT2D eigenvalue weighted by Gasteiger charge is -2.22. The van der Waals surface area contributed by atoms with Crippen LogP contribution in [-0.2, 0) is 4.79 Å². The minimum absolute atomic E-state index is 0.177. The number of carbonyl (C=O) groups excluding carboxylic acids is 1. The van der Waals surface area contributed by atoms with Crippen molar-refractivity contribution in [2.75, 3.05) is 0 Å². The smallest absolute Gasteiger partial charge is 0.179 e. The molecule has 0 heterocycles. The molecule has 0 saturated heterocycles. The van der Waals surface area contributed by atoms with Gasteiger partial charge in [-0.2, -0.15) is 21.0 Å². The molecular formula is C15H12N4O. The molecule has 0 N–H and O–H groups in total. The van der Waals surface area contributed by atoms with Crippen molar-refractivity contribution in [3.8, 4) is 24.3 Å². The van der Waals surface area contributed by atoms with Gasteiger partial charge in [0, 0.05) is 12.3 Å². The topological polar surface area (TPSA) is 112 Å². The van der Waals surface area contributed by atoms with Crippen molar-refractivity contribution >= 4 is 5.78 Å². The number of hydrogen-bond donors (Lipinski definition) is 0. The summed E-state index contributed by atoms with van der Waals surface area (Å²) >= 11 is 0. The summed E-state index contributed by atoms with van der Waals surface area (Å²) in [5, 5.41) is 36.2. The molecule has 20 heavy (non-hydrogen) atoms. The fourth-order valence-corrected chi connectivity index (χ4v) is 3.14. The molecule has 2 aliphatic carbocycles. The maximum atomic E-state index is 12.3. The number of Topliss-reactive ketones (excluding diaryl/α,β-unsaturated/α-hetero) is 1. The third-order valence-corrected chi connectivity index (χ3v) is 4.30. The lowest BCUT2D eigenvalue weighted by Crippen LogP contribution is -2.32. The highest BCUT2D eigenvalue weighted by atomic mass is 16.1. The highest BCUT2D eigenvalue weighted by molar-refractivity contribution is 5.84. The first-order valence-corrected chi connectivity index (χ1v) is 6.43. The summed E-state index contributed by atoms with van der Waals surface area (Å²) in [6, 6.07) is 6.75. The molecule has 0 aliphatic heterocycles. The van der Waals surface area contributed by atoms with E-state index in [1.54, 1.807) is 24.3 Å². The second kappa shape index (κ2) is 5.16. The Kier molecular flexibility index (Phi) is 3.56. The van der Waals surface area contributed by atoms with E-state index in [4.69, 9.17) is 10.5 Å². The number of fused-ring (bicyclic) bond motifs is 2. The van der Waals surface area contributed by atoms with Crippen molar-refractivity contribution in [2.45, 2.75) is 19.3 Å². The molecule has 1 fully saturated rings. The molecule has 0 aromatic rings. The maximum absolute atomic E-state index is 12.3. The molecule has 2 bridgehead atoms. The average Bonchev–Trinajstić information content (AvgIpc) is 3.09. The summed E-state index contributed by atoms with van der Waals surface area (Å²) < 4.78 is 0. The quantitative estimate of drug-likeness (QED) is 0.719. The fraction of sp³-hybridized carbons (Fsp3) is 0.533. The summed E-state index contributed by atoms with van der Waals surface area (Å²) in [5.41, 5.74) is -1.86. The molecule has 0 amide bonds. The van der Waals surface area contributed by atoms with Gasteiger partial charge < -0.3 is 0 Å². The van der Waals surface area contributed by atoms with Crippen molar-refractivity contribution in [1.29, 1.82) is 21.0 Å². The molecule has 3 atom stereocenters. The summed E-state index contributed by atoms with van der Waals surface area (Å²) in [6.45, 7) is 0. The third-order valence-electron chi connectivity index (χ3n) is 4.30. The van der Waals surface area contributed by atoms with E-state index in [9.17, 15) is 15.3 Å². The van der Waals surface area contributed by atoms with Crippen LogP contribution in [0.3, 0.4) is 0 Å². The molecule has 0 aromatic carbocycles. The highest BCUT2D eigenvalue weighted by Crippen LogP contribution is 2.45. The molecule has 0 aromatic heterocycles. The van der Waals surface area contributed by atoms with Gasteiger partial charge in [0.1, 0.15) is 5.78 Å². The number of hydrogen-bond acceptors (Lipinski definition) is 5. The van der Waals surface area contributed by atoms with E-state index >= 15 is 0 Å². The van der Waals surface area contributed by atoms with Gasteiger partial charge in [-0.15, -0.1) is 0 Å². The van der Waals surface area contributed by atoms with E-state index in [2.05, 4.69) is 6.08 Å². The molecule has 98 valence electrons. The summed E-state index contributed by atoms with van der Waals surface area (Å²) in [7, 11) is 0. The van der Waals surface area contributed by atoms with Crippen molar-refractivity contribution in [3.63, 3.8) is 0 Å². The van der Waals surface area contributed by atoms with Crippen molar-refractivity contribution in [2.24, 2.45) is 29.1 Å². The number of carbonyl (C=O) groups is 1. The maximum Gasteiger partial charge on any atom is 0.179 e. The Morgan fingerprint density at radius 3 is 2.20 bits per heavy atom. The van der Waals surface area contributed by atoms with Crippen LogP contribution in [0.1, 0.15) is 19.3 Å². The molecule has 0 spiro atoms. The number of allylic oxidation sites excluding steroid dienone is 2. The van der Waals surface area contributed by atoms with Crippen LogP contribution in [0.15, 0.2) is 12.2 Å². The van der Waals surface area contributed by atoms with Gasteiger partial charge in [-0.1, -0.05) is 12.2 Å². The van der Waals surface area contributed by atoms with E-state index in [0.29, 0.717) is 5.92 Å². The first-order chi connectivity index (χ1) is 9.60. The lowest BCUT2D eigenvalue weighted by atomic mass is 9.72. The van der Waals surface area contributed by atoms with Crippen LogP contribution in [0.25, 0.3) is 0 Å². The monoisotopic (exact) mass is 264 g/mol. The van der Waals surface area contributed by atoms with Crippen molar-refractivity contribution in [1.82, 2.24) is 0 Å². The Morgan fingerprint density at radius 2 is 1.80 bits per heavy atom. The number of nitriles is 4. The van der Waals surface area contributed by atoms with Crippen LogP contribution in [0, 0.1) is 74.4 Å². The minimum Gasteiger partial charge on any atom is -0.299 e.